The first-order valence-electron chi connectivity index (χ1n) is 7.87. The third-order valence-electron chi connectivity index (χ3n) is 3.46. The van der Waals surface area contributed by atoms with Crippen LogP contribution >= 0.6 is 39.3 Å². The number of amides is 2. The number of thioether (sulfide) groups is 1. The van der Waals surface area contributed by atoms with Gasteiger partial charge in [0.25, 0.3) is 5.91 Å². The van der Waals surface area contributed by atoms with Crippen molar-refractivity contribution in [2.75, 3.05) is 0 Å². The molecule has 5 nitrogen and oxygen atoms in total. The molecule has 0 bridgehead atoms. The minimum absolute atomic E-state index is 0.264. The maximum Gasteiger partial charge on any atom is 0.286 e. The Morgan fingerprint density at radius 3 is 2.70 bits per heavy atom. The van der Waals surface area contributed by atoms with E-state index in [1.54, 1.807) is 6.08 Å². The summed E-state index contributed by atoms with van der Waals surface area (Å²) >= 11 is 10.5. The second-order valence-corrected chi connectivity index (χ2v) is 7.94. The molecule has 0 fully saturated rings. The smallest absolute Gasteiger partial charge is 0.286 e. The van der Waals surface area contributed by atoms with Gasteiger partial charge in [0.2, 0.25) is 5.91 Å². The fraction of sp³-hybridized carbons (Fsp3) is 0.105. The Labute approximate surface area is 174 Å². The summed E-state index contributed by atoms with van der Waals surface area (Å²) in [6.07, 6.45) is 1.72. The Hall–Kier alpha value is -2.09. The van der Waals surface area contributed by atoms with E-state index < -0.39 is 0 Å². The quantitative estimate of drug-likeness (QED) is 0.659. The number of benzene rings is 2. The predicted octanol–water partition coefficient (Wildman–Crippen LogP) is 4.79. The second kappa shape index (κ2) is 8.73. The molecule has 2 aromatic rings. The van der Waals surface area contributed by atoms with Gasteiger partial charge in [0.15, 0.2) is 5.17 Å². The van der Waals surface area contributed by atoms with Crippen LogP contribution in [0.3, 0.4) is 0 Å². The number of amidine groups is 1. The molecule has 1 aliphatic heterocycles. The van der Waals surface area contributed by atoms with Gasteiger partial charge in [0.1, 0.15) is 12.4 Å². The van der Waals surface area contributed by atoms with Crippen LogP contribution in [0, 0.1) is 0 Å². The Balaban J connectivity index is 1.67. The number of halogens is 2. The van der Waals surface area contributed by atoms with E-state index in [1.165, 1.54) is 6.92 Å². The molecule has 0 spiro atoms. The van der Waals surface area contributed by atoms with Gasteiger partial charge in [-0.2, -0.15) is 4.99 Å². The summed E-state index contributed by atoms with van der Waals surface area (Å²) < 4.78 is 6.58. The highest BCUT2D eigenvalue weighted by Crippen LogP contribution is 2.31. The van der Waals surface area contributed by atoms with E-state index in [-0.39, 0.29) is 11.8 Å². The van der Waals surface area contributed by atoms with Crippen molar-refractivity contribution >= 4 is 62.4 Å². The summed E-state index contributed by atoms with van der Waals surface area (Å²) in [6, 6.07) is 13.0. The number of carbonyl (C=O) groups excluding carboxylic acids is 2. The molecule has 0 aliphatic carbocycles. The van der Waals surface area contributed by atoms with Gasteiger partial charge in [-0.05, 0) is 69.2 Å². The summed E-state index contributed by atoms with van der Waals surface area (Å²) in [4.78, 5) is 27.3. The van der Waals surface area contributed by atoms with Crippen molar-refractivity contribution in [3.8, 4) is 5.75 Å². The van der Waals surface area contributed by atoms with E-state index in [0.29, 0.717) is 27.5 Å². The SMILES string of the molecule is CC(=O)NC1=NC(=O)C(=Cc2ccc(OCc3ccc(Cl)cc3)c(Br)c2)S1. The van der Waals surface area contributed by atoms with Gasteiger partial charge >= 0.3 is 0 Å². The van der Waals surface area contributed by atoms with Gasteiger partial charge in [-0.3, -0.25) is 9.59 Å². The summed E-state index contributed by atoms with van der Waals surface area (Å²) in [7, 11) is 0. The van der Waals surface area contributed by atoms with Crippen molar-refractivity contribution in [1.29, 1.82) is 0 Å². The molecule has 0 saturated heterocycles. The number of hydrogen-bond donors (Lipinski definition) is 1. The zero-order chi connectivity index (χ0) is 19.4. The monoisotopic (exact) mass is 464 g/mol. The summed E-state index contributed by atoms with van der Waals surface area (Å²) in [5.74, 6) is 0.0517. The maximum atomic E-state index is 11.9. The molecule has 1 aliphatic rings. The molecule has 0 radical (unpaired) electrons. The average Bonchev–Trinajstić information content (AvgIpc) is 2.94. The normalized spacial score (nSPS) is 15.0. The second-order valence-electron chi connectivity index (χ2n) is 5.62. The summed E-state index contributed by atoms with van der Waals surface area (Å²) in [5, 5.41) is 3.49. The third-order valence-corrected chi connectivity index (χ3v) is 5.24. The largest absolute Gasteiger partial charge is 0.488 e. The number of rotatable bonds is 4. The van der Waals surface area contributed by atoms with E-state index in [9.17, 15) is 9.59 Å². The lowest BCUT2D eigenvalue weighted by Gasteiger charge is -2.09. The Bertz CT molecular complexity index is 958. The first-order valence-corrected chi connectivity index (χ1v) is 9.86. The molecule has 0 atom stereocenters. The molecule has 0 saturated carbocycles. The number of nitrogens with zero attached hydrogens (tertiary/aromatic N) is 1. The van der Waals surface area contributed by atoms with Gasteiger partial charge < -0.3 is 10.1 Å². The number of ether oxygens (including phenoxy) is 1. The van der Waals surface area contributed by atoms with Crippen LogP contribution < -0.4 is 10.1 Å². The lowest BCUT2D eigenvalue weighted by Crippen LogP contribution is -2.23. The molecule has 0 aromatic heterocycles. The molecule has 1 N–H and O–H groups in total. The zero-order valence-electron chi connectivity index (χ0n) is 14.2. The van der Waals surface area contributed by atoms with E-state index in [0.717, 1.165) is 27.4 Å². The minimum Gasteiger partial charge on any atom is -0.488 e. The average molecular weight is 466 g/mol. The van der Waals surface area contributed by atoms with Crippen molar-refractivity contribution < 1.29 is 14.3 Å². The summed E-state index contributed by atoms with van der Waals surface area (Å²) in [6.45, 7) is 1.79. The maximum absolute atomic E-state index is 11.9. The van der Waals surface area contributed by atoms with Crippen LogP contribution in [-0.4, -0.2) is 17.0 Å². The highest BCUT2D eigenvalue weighted by Gasteiger charge is 2.22. The van der Waals surface area contributed by atoms with Crippen LogP contribution in [-0.2, 0) is 16.2 Å². The van der Waals surface area contributed by atoms with Crippen molar-refractivity contribution in [3.05, 3.63) is 68.0 Å². The molecular formula is C19H14BrClN2O3S. The van der Waals surface area contributed by atoms with E-state index in [4.69, 9.17) is 16.3 Å². The number of nitrogens with one attached hydrogen (secondary N) is 1. The number of carbonyl (C=O) groups is 2. The van der Waals surface area contributed by atoms with Crippen molar-refractivity contribution in [2.24, 2.45) is 4.99 Å². The lowest BCUT2D eigenvalue weighted by atomic mass is 10.2. The molecule has 138 valence electrons. The van der Waals surface area contributed by atoms with Crippen LogP contribution in [0.25, 0.3) is 6.08 Å². The van der Waals surface area contributed by atoms with E-state index in [1.807, 2.05) is 42.5 Å². The molecule has 0 unspecified atom stereocenters. The van der Waals surface area contributed by atoms with Crippen molar-refractivity contribution in [1.82, 2.24) is 5.32 Å². The first-order chi connectivity index (χ1) is 12.9. The highest BCUT2D eigenvalue weighted by atomic mass is 79.9. The van der Waals surface area contributed by atoms with Crippen molar-refractivity contribution in [2.45, 2.75) is 13.5 Å². The molecule has 27 heavy (non-hydrogen) atoms. The Kier molecular flexibility index (Phi) is 6.36. The van der Waals surface area contributed by atoms with Gasteiger partial charge in [-0.15, -0.1) is 0 Å². The predicted molar refractivity (Wildman–Crippen MR) is 112 cm³/mol. The van der Waals surface area contributed by atoms with Crippen LogP contribution in [0.5, 0.6) is 5.75 Å². The van der Waals surface area contributed by atoms with Gasteiger partial charge in [0.05, 0.1) is 9.38 Å². The summed E-state index contributed by atoms with van der Waals surface area (Å²) in [5.41, 5.74) is 1.82. The Morgan fingerprint density at radius 1 is 1.30 bits per heavy atom. The van der Waals surface area contributed by atoms with Crippen LogP contribution in [0.2, 0.25) is 5.02 Å². The number of hydrogen-bond acceptors (Lipinski definition) is 4. The fourth-order valence-electron chi connectivity index (χ4n) is 2.23. The van der Waals surface area contributed by atoms with Gasteiger partial charge in [-0.1, -0.05) is 29.8 Å². The third kappa shape index (κ3) is 5.45. The molecule has 2 amide bonds. The van der Waals surface area contributed by atoms with E-state index in [2.05, 4.69) is 26.2 Å². The molecule has 2 aromatic carbocycles. The molecule has 1 heterocycles. The highest BCUT2D eigenvalue weighted by molar-refractivity contribution is 9.10. The van der Waals surface area contributed by atoms with Gasteiger partial charge in [0, 0.05) is 11.9 Å². The van der Waals surface area contributed by atoms with Crippen LogP contribution in [0.15, 0.2) is 56.8 Å². The fourth-order valence-corrected chi connectivity index (χ4v) is 3.73. The van der Waals surface area contributed by atoms with E-state index >= 15 is 0 Å². The first kappa shape index (κ1) is 19.7. The Morgan fingerprint density at radius 2 is 2.04 bits per heavy atom. The minimum atomic E-state index is -0.372. The van der Waals surface area contributed by atoms with Crippen molar-refractivity contribution in [3.63, 3.8) is 0 Å². The van der Waals surface area contributed by atoms with Gasteiger partial charge in [-0.25, -0.2) is 0 Å². The topological polar surface area (TPSA) is 67.8 Å². The molecular weight excluding hydrogens is 452 g/mol. The number of aliphatic imine (C=N–C) groups is 1. The van der Waals surface area contributed by atoms with Crippen LogP contribution in [0.1, 0.15) is 18.1 Å². The standard InChI is InChI=1S/C19H14BrClN2O3S/c1-11(24)22-19-23-18(25)17(27-19)9-13-4-7-16(15(20)8-13)26-10-12-2-5-14(21)6-3-12/h2-9H,10H2,1H3,(H,22,23,24,25). The lowest BCUT2D eigenvalue weighted by molar-refractivity contribution is -0.117. The zero-order valence-corrected chi connectivity index (χ0v) is 17.3. The molecule has 8 heteroatoms. The van der Waals surface area contributed by atoms with Crippen LogP contribution in [0.4, 0.5) is 0 Å². The molecule has 3 rings (SSSR count).